The minimum Gasteiger partial charge on any atom is -0.396 e. The maximum atomic E-state index is 12.2. The zero-order valence-corrected chi connectivity index (χ0v) is 11.0. The molecule has 0 saturated carbocycles. The normalized spacial score (nSPS) is 10.6. The summed E-state index contributed by atoms with van der Waals surface area (Å²) in [5.41, 5.74) is 6.62. The molecule has 0 aliphatic heterocycles. The smallest absolute Gasteiger partial charge is 0.212 e. The molecule has 5 nitrogen and oxygen atoms in total. The lowest BCUT2D eigenvalue weighted by atomic mass is 10.1. The van der Waals surface area contributed by atoms with Gasteiger partial charge >= 0.3 is 0 Å². The molecule has 0 aliphatic carbocycles. The number of benzene rings is 1. The van der Waals surface area contributed by atoms with Crippen LogP contribution < -0.4 is 5.73 Å². The Morgan fingerprint density at radius 1 is 1.39 bits per heavy atom. The molecule has 1 aromatic carbocycles. The Hall–Kier alpha value is -1.59. The third-order valence-electron chi connectivity index (χ3n) is 2.49. The number of nitrogens with zero attached hydrogens (tertiary/aromatic N) is 3. The number of aryl methyl sites for hydroxylation is 1. The summed E-state index contributed by atoms with van der Waals surface area (Å²) in [4.78, 5) is 12.2. The van der Waals surface area contributed by atoms with Gasteiger partial charge in [0.15, 0.2) is 0 Å². The van der Waals surface area contributed by atoms with Crippen molar-refractivity contribution >= 4 is 34.7 Å². The molecule has 0 spiro atoms. The predicted molar refractivity (Wildman–Crippen MR) is 70.0 cm³/mol. The molecule has 2 aromatic rings. The van der Waals surface area contributed by atoms with Gasteiger partial charge in [0, 0.05) is 12.1 Å². The van der Waals surface area contributed by atoms with E-state index in [-0.39, 0.29) is 21.5 Å². The van der Waals surface area contributed by atoms with E-state index < -0.39 is 0 Å². The summed E-state index contributed by atoms with van der Waals surface area (Å²) in [5.74, 6) is -0.245. The van der Waals surface area contributed by atoms with E-state index in [1.807, 2.05) is 6.92 Å². The van der Waals surface area contributed by atoms with Crippen molar-refractivity contribution in [2.24, 2.45) is 0 Å². The highest BCUT2D eigenvalue weighted by molar-refractivity contribution is 6.39. The third-order valence-corrected chi connectivity index (χ3v) is 3.12. The fourth-order valence-electron chi connectivity index (χ4n) is 1.53. The van der Waals surface area contributed by atoms with Gasteiger partial charge in [-0.3, -0.25) is 4.79 Å². The zero-order valence-electron chi connectivity index (χ0n) is 9.52. The monoisotopic (exact) mass is 284 g/mol. The Morgan fingerprint density at radius 2 is 2.00 bits per heavy atom. The molecule has 0 aliphatic rings. The van der Waals surface area contributed by atoms with Gasteiger partial charge in [-0.2, -0.15) is 0 Å². The van der Waals surface area contributed by atoms with Crippen LogP contribution >= 0.6 is 23.2 Å². The number of hydrogen-bond acceptors (Lipinski definition) is 4. The number of carbonyl (C=O) groups excluding carboxylic acids is 1. The van der Waals surface area contributed by atoms with Crippen molar-refractivity contribution in [3.63, 3.8) is 0 Å². The van der Waals surface area contributed by atoms with E-state index in [0.29, 0.717) is 17.8 Å². The lowest BCUT2D eigenvalue weighted by Crippen LogP contribution is -2.10. The summed E-state index contributed by atoms with van der Waals surface area (Å²) in [6, 6.07) is 2.97. The van der Waals surface area contributed by atoms with Crippen molar-refractivity contribution in [2.75, 3.05) is 5.73 Å². The molecule has 7 heteroatoms. The van der Waals surface area contributed by atoms with Crippen LogP contribution in [0.3, 0.4) is 0 Å². The maximum absolute atomic E-state index is 12.2. The molecule has 1 heterocycles. The van der Waals surface area contributed by atoms with Crippen LogP contribution in [0.1, 0.15) is 23.0 Å². The first-order chi connectivity index (χ1) is 8.54. The van der Waals surface area contributed by atoms with Crippen LogP contribution in [0, 0.1) is 0 Å². The Kier molecular flexibility index (Phi) is 3.54. The highest BCUT2D eigenvalue weighted by Gasteiger charge is 2.17. The Morgan fingerprint density at radius 3 is 2.56 bits per heavy atom. The second-order valence-corrected chi connectivity index (χ2v) is 4.43. The largest absolute Gasteiger partial charge is 0.396 e. The minimum absolute atomic E-state index is 0.245. The topological polar surface area (TPSA) is 73.8 Å². The van der Waals surface area contributed by atoms with Crippen LogP contribution in [0.25, 0.3) is 0 Å². The number of carbonyl (C=O) groups is 1. The molecule has 0 bridgehead atoms. The van der Waals surface area contributed by atoms with Gasteiger partial charge in [-0.15, -0.1) is 5.10 Å². The maximum Gasteiger partial charge on any atom is 0.212 e. The van der Waals surface area contributed by atoms with E-state index >= 15 is 0 Å². The number of nitrogens with two attached hydrogens (primary N) is 1. The molecular weight excluding hydrogens is 275 g/mol. The fraction of sp³-hybridized carbons (Fsp3) is 0.182. The quantitative estimate of drug-likeness (QED) is 0.694. The molecular formula is C11H10Cl2N4O. The molecule has 0 unspecified atom stereocenters. The van der Waals surface area contributed by atoms with Crippen molar-refractivity contribution in [3.05, 3.63) is 39.6 Å². The van der Waals surface area contributed by atoms with E-state index in [1.165, 1.54) is 23.0 Å². The van der Waals surface area contributed by atoms with Crippen molar-refractivity contribution in [3.8, 4) is 0 Å². The van der Waals surface area contributed by atoms with Gasteiger partial charge in [0.25, 0.3) is 0 Å². The second-order valence-electron chi connectivity index (χ2n) is 3.62. The Balaban J connectivity index is 2.47. The summed E-state index contributed by atoms with van der Waals surface area (Å²) in [6.45, 7) is 2.42. The average molecular weight is 285 g/mol. The summed E-state index contributed by atoms with van der Waals surface area (Å²) in [7, 11) is 0. The van der Waals surface area contributed by atoms with Crippen molar-refractivity contribution in [2.45, 2.75) is 13.5 Å². The van der Waals surface area contributed by atoms with E-state index in [2.05, 4.69) is 10.3 Å². The van der Waals surface area contributed by atoms with Crippen LogP contribution in [-0.2, 0) is 6.54 Å². The van der Waals surface area contributed by atoms with Crippen LogP contribution in [0.2, 0.25) is 10.0 Å². The molecule has 1 aromatic heterocycles. The van der Waals surface area contributed by atoms with Crippen LogP contribution in [0.5, 0.6) is 0 Å². The van der Waals surface area contributed by atoms with E-state index in [0.717, 1.165) is 0 Å². The number of rotatable bonds is 3. The average Bonchev–Trinajstić information content (AvgIpc) is 2.82. The highest BCUT2D eigenvalue weighted by atomic mass is 35.5. The predicted octanol–water partition coefficient (Wildman–Crippen LogP) is 2.42. The number of ketones is 1. The Bertz CT molecular complexity index is 586. The SMILES string of the molecule is CCn1nncc1C(=O)c1cc(Cl)c(N)c(Cl)c1. The second kappa shape index (κ2) is 4.96. The van der Waals surface area contributed by atoms with Gasteiger partial charge in [0.05, 0.1) is 21.9 Å². The zero-order chi connectivity index (χ0) is 13.3. The number of aromatic nitrogens is 3. The minimum atomic E-state index is -0.245. The lowest BCUT2D eigenvalue weighted by molar-refractivity contribution is 0.102. The standard InChI is InChI=1S/C11H10Cl2N4O/c1-2-17-9(5-15-16-17)11(18)6-3-7(12)10(14)8(13)4-6/h3-5H,2,14H2,1H3. The molecule has 0 fully saturated rings. The molecule has 0 atom stereocenters. The number of anilines is 1. The molecule has 0 saturated heterocycles. The molecule has 2 rings (SSSR count). The highest BCUT2D eigenvalue weighted by Crippen LogP contribution is 2.29. The number of nitrogen functional groups attached to an aromatic ring is 1. The van der Waals surface area contributed by atoms with Gasteiger partial charge in [-0.05, 0) is 19.1 Å². The summed E-state index contributed by atoms with van der Waals surface area (Å²) < 4.78 is 1.50. The molecule has 18 heavy (non-hydrogen) atoms. The van der Waals surface area contributed by atoms with Gasteiger partial charge in [-0.1, -0.05) is 28.4 Å². The van der Waals surface area contributed by atoms with Gasteiger partial charge < -0.3 is 5.73 Å². The van der Waals surface area contributed by atoms with Crippen LogP contribution in [-0.4, -0.2) is 20.8 Å². The first-order valence-electron chi connectivity index (χ1n) is 5.22. The first kappa shape index (κ1) is 12.9. The van der Waals surface area contributed by atoms with Crippen LogP contribution in [0.4, 0.5) is 5.69 Å². The number of halogens is 2. The Labute approximate surface area is 113 Å². The summed E-state index contributed by atoms with van der Waals surface area (Å²) >= 11 is 11.8. The van der Waals surface area contributed by atoms with Gasteiger partial charge in [-0.25, -0.2) is 4.68 Å². The van der Waals surface area contributed by atoms with Gasteiger partial charge in [0.2, 0.25) is 5.78 Å². The van der Waals surface area contributed by atoms with E-state index in [4.69, 9.17) is 28.9 Å². The molecule has 94 valence electrons. The van der Waals surface area contributed by atoms with E-state index in [1.54, 1.807) is 0 Å². The third kappa shape index (κ3) is 2.19. The molecule has 0 radical (unpaired) electrons. The number of hydrogen-bond donors (Lipinski definition) is 1. The summed E-state index contributed by atoms with van der Waals surface area (Å²) in [5, 5.41) is 8.00. The van der Waals surface area contributed by atoms with Crippen molar-refractivity contribution in [1.29, 1.82) is 0 Å². The molecule has 2 N–H and O–H groups in total. The lowest BCUT2D eigenvalue weighted by Gasteiger charge is -2.06. The van der Waals surface area contributed by atoms with Gasteiger partial charge in [0.1, 0.15) is 5.69 Å². The van der Waals surface area contributed by atoms with E-state index in [9.17, 15) is 4.79 Å². The molecule has 0 amide bonds. The first-order valence-corrected chi connectivity index (χ1v) is 5.98. The van der Waals surface area contributed by atoms with Crippen molar-refractivity contribution < 1.29 is 4.79 Å². The van der Waals surface area contributed by atoms with Crippen molar-refractivity contribution in [1.82, 2.24) is 15.0 Å². The fourth-order valence-corrected chi connectivity index (χ4v) is 2.02. The summed E-state index contributed by atoms with van der Waals surface area (Å²) in [6.07, 6.45) is 1.41. The van der Waals surface area contributed by atoms with Crippen LogP contribution in [0.15, 0.2) is 18.3 Å².